The Labute approximate surface area is 348 Å². The number of pyridine rings is 2. The second-order valence-electron chi connectivity index (χ2n) is 17.4. The summed E-state index contributed by atoms with van der Waals surface area (Å²) in [5.74, 6) is 0.206. The van der Waals surface area contributed by atoms with Crippen LogP contribution in [0.3, 0.4) is 0 Å². The highest BCUT2D eigenvalue weighted by atomic mass is 31.1. The second-order valence-corrected chi connectivity index (χ2v) is 19.5. The van der Waals surface area contributed by atoms with Gasteiger partial charge in [-0.1, -0.05) is 145 Å². The summed E-state index contributed by atoms with van der Waals surface area (Å²) in [6.45, 7) is 13.6. The van der Waals surface area contributed by atoms with E-state index in [2.05, 4.69) is 186 Å². The fourth-order valence-corrected chi connectivity index (χ4v) is 10.5. The Bertz CT molecular complexity index is 2940. The summed E-state index contributed by atoms with van der Waals surface area (Å²) in [5.41, 5.74) is 12.5. The predicted octanol–water partition coefficient (Wildman–Crippen LogP) is 12.6. The molecule has 3 heterocycles. The lowest BCUT2D eigenvalue weighted by molar-refractivity contribution is 0.477. The minimum atomic E-state index is -1.12. The van der Waals surface area contributed by atoms with Crippen molar-refractivity contribution in [2.45, 2.75) is 52.4 Å². The topological polar surface area (TPSA) is 50.9 Å². The molecular weight excluding hydrogens is 738 g/mol. The number of rotatable bonds is 7. The molecule has 0 saturated carbocycles. The number of aromatic hydroxyl groups is 1. The van der Waals surface area contributed by atoms with Gasteiger partial charge >= 0.3 is 0 Å². The molecule has 0 spiro atoms. The van der Waals surface area contributed by atoms with Crippen molar-refractivity contribution in [2.24, 2.45) is 0 Å². The lowest BCUT2D eigenvalue weighted by atomic mass is 9.79. The quantitative estimate of drug-likeness (QED) is 0.164. The van der Waals surface area contributed by atoms with Crippen LogP contribution in [0.4, 0.5) is 0 Å². The highest BCUT2D eigenvalue weighted by Gasteiger charge is 2.26. The van der Waals surface area contributed by atoms with Gasteiger partial charge in [-0.15, -0.1) is 0 Å². The van der Waals surface area contributed by atoms with Gasteiger partial charge in [0.2, 0.25) is 0 Å². The molecule has 3 aromatic heterocycles. The van der Waals surface area contributed by atoms with E-state index in [1.54, 1.807) is 6.07 Å². The monoisotopic (exact) mass is 785 g/mol. The van der Waals surface area contributed by atoms with E-state index in [0.29, 0.717) is 5.56 Å². The minimum absolute atomic E-state index is 0.0420. The van der Waals surface area contributed by atoms with Crippen LogP contribution in [0.15, 0.2) is 176 Å². The Morgan fingerprint density at radius 2 is 1.17 bits per heavy atom. The predicted molar refractivity (Wildman–Crippen MR) is 250 cm³/mol. The maximum atomic E-state index is 11.1. The van der Waals surface area contributed by atoms with Crippen LogP contribution in [0.1, 0.15) is 52.7 Å². The number of aromatic nitrogens is 3. The molecule has 0 fully saturated rings. The number of phenols is 1. The first-order valence-corrected chi connectivity index (χ1v) is 21.6. The van der Waals surface area contributed by atoms with E-state index in [-0.39, 0.29) is 16.6 Å². The van der Waals surface area contributed by atoms with Crippen molar-refractivity contribution in [3.8, 4) is 45.1 Å². The number of nitrogens with zero attached hydrogens (tertiary/aromatic N) is 3. The van der Waals surface area contributed by atoms with Crippen LogP contribution in [0.25, 0.3) is 61.1 Å². The number of benzene rings is 6. The number of fused-ring (bicyclic) bond motifs is 3. The molecule has 0 amide bonds. The molecule has 0 bridgehead atoms. The molecule has 4 nitrogen and oxygen atoms in total. The highest BCUT2D eigenvalue weighted by molar-refractivity contribution is 7.80. The lowest BCUT2D eigenvalue weighted by Gasteiger charge is -2.26. The van der Waals surface area contributed by atoms with Crippen LogP contribution in [-0.2, 0) is 10.8 Å². The van der Waals surface area contributed by atoms with Gasteiger partial charge in [-0.25, -0.2) is 4.98 Å². The number of para-hydroxylation sites is 3. The van der Waals surface area contributed by atoms with Crippen molar-refractivity contribution < 1.29 is 5.11 Å². The maximum Gasteiger partial charge on any atom is 0.124 e. The fraction of sp³-hybridized carbons (Fsp3) is 0.148. The Morgan fingerprint density at radius 3 is 1.90 bits per heavy atom. The summed E-state index contributed by atoms with van der Waals surface area (Å²) in [7, 11) is -1.12. The average Bonchev–Trinajstić information content (AvgIpc) is 3.59. The third kappa shape index (κ3) is 7.35. The summed E-state index contributed by atoms with van der Waals surface area (Å²) >= 11 is 0. The molecular formula is C54H48N3OP. The zero-order valence-electron chi connectivity index (χ0n) is 34.5. The molecule has 290 valence electrons. The van der Waals surface area contributed by atoms with Crippen LogP contribution in [0, 0.1) is 0 Å². The van der Waals surface area contributed by atoms with Gasteiger partial charge in [0.15, 0.2) is 0 Å². The van der Waals surface area contributed by atoms with E-state index in [1.807, 2.05) is 30.5 Å². The first kappa shape index (κ1) is 38.2. The molecule has 1 N–H and O–H groups in total. The van der Waals surface area contributed by atoms with Gasteiger partial charge in [-0.05, 0) is 110 Å². The van der Waals surface area contributed by atoms with Crippen LogP contribution in [0.5, 0.6) is 5.75 Å². The summed E-state index contributed by atoms with van der Waals surface area (Å²) in [6.07, 6.45) is 1.91. The molecule has 0 aliphatic rings. The number of hydrogen-bond donors (Lipinski definition) is 1. The molecule has 0 radical (unpaired) electrons. The van der Waals surface area contributed by atoms with Crippen molar-refractivity contribution >= 4 is 45.8 Å². The van der Waals surface area contributed by atoms with Crippen molar-refractivity contribution in [3.63, 3.8) is 0 Å². The van der Waals surface area contributed by atoms with Crippen molar-refractivity contribution in [1.29, 1.82) is 0 Å². The third-order valence-electron chi connectivity index (χ3n) is 11.2. The Hall–Kier alpha value is -6.35. The largest absolute Gasteiger partial charge is 0.507 e. The van der Waals surface area contributed by atoms with Gasteiger partial charge in [0.25, 0.3) is 0 Å². The zero-order chi connectivity index (χ0) is 40.9. The van der Waals surface area contributed by atoms with Crippen LogP contribution in [0.2, 0.25) is 0 Å². The average molecular weight is 786 g/mol. The van der Waals surface area contributed by atoms with Crippen LogP contribution in [-0.4, -0.2) is 19.6 Å². The lowest BCUT2D eigenvalue weighted by Crippen LogP contribution is -2.23. The smallest absolute Gasteiger partial charge is 0.124 e. The van der Waals surface area contributed by atoms with Crippen LogP contribution < -0.4 is 16.0 Å². The fourth-order valence-electron chi connectivity index (χ4n) is 8.06. The molecule has 1 atom stereocenters. The SMILES string of the molecule is CC(C)(C)c1cc(-c2cc(-c3cccc(P(c4ccccn4)c4cccc5c4c4ccccc4n5-c4ccccc4)c3)nc(-c3ccccc3O)c2)cc(C(C)(C)C)c1. The normalized spacial score (nSPS) is 12.6. The summed E-state index contributed by atoms with van der Waals surface area (Å²) in [4.78, 5) is 10.3. The van der Waals surface area contributed by atoms with Crippen molar-refractivity contribution in [3.05, 3.63) is 187 Å². The van der Waals surface area contributed by atoms with E-state index in [9.17, 15) is 5.11 Å². The number of phenolic OH excluding ortho intramolecular Hbond substituents is 1. The summed E-state index contributed by atoms with van der Waals surface area (Å²) in [6, 6.07) is 60.0. The standard InChI is InChI=1S/C54H48N3OP/c1-53(2,3)39-30-37(31-40(35-39)54(4,5)6)38-33-45(56-46(34-38)43-22-11-13-26-49(43)58)36-18-16-21-42(32-36)59(51-28-14-15-29-55-51)50-27-17-25-48-52(50)44-23-10-12-24-47(44)57(48)41-19-8-7-9-20-41/h7-35,58H,1-6H3. The van der Waals surface area contributed by atoms with Gasteiger partial charge in [-0.3, -0.25) is 4.98 Å². The third-order valence-corrected chi connectivity index (χ3v) is 13.6. The van der Waals surface area contributed by atoms with E-state index < -0.39 is 7.92 Å². The zero-order valence-corrected chi connectivity index (χ0v) is 35.4. The first-order valence-electron chi connectivity index (χ1n) is 20.3. The van der Waals surface area contributed by atoms with Gasteiger partial charge in [-0.2, -0.15) is 0 Å². The van der Waals surface area contributed by atoms with E-state index in [4.69, 9.17) is 9.97 Å². The Morgan fingerprint density at radius 1 is 0.525 bits per heavy atom. The number of hydrogen-bond acceptors (Lipinski definition) is 3. The molecule has 0 aliphatic carbocycles. The maximum absolute atomic E-state index is 11.1. The highest BCUT2D eigenvalue weighted by Crippen LogP contribution is 2.42. The molecule has 1 unspecified atom stereocenters. The summed E-state index contributed by atoms with van der Waals surface area (Å²) in [5, 5.41) is 16.0. The van der Waals surface area contributed by atoms with Gasteiger partial charge < -0.3 is 9.67 Å². The van der Waals surface area contributed by atoms with Crippen LogP contribution >= 0.6 is 7.92 Å². The van der Waals surface area contributed by atoms with Gasteiger partial charge in [0.1, 0.15) is 5.75 Å². The molecule has 9 aromatic rings. The first-order chi connectivity index (χ1) is 28.4. The Balaban J connectivity index is 1.27. The van der Waals surface area contributed by atoms with E-state index in [0.717, 1.165) is 39.2 Å². The Kier molecular flexibility index (Phi) is 9.78. The van der Waals surface area contributed by atoms with E-state index >= 15 is 0 Å². The molecule has 0 saturated heterocycles. The minimum Gasteiger partial charge on any atom is -0.507 e. The molecule has 9 rings (SSSR count). The molecule has 5 heteroatoms. The molecule has 6 aromatic carbocycles. The van der Waals surface area contributed by atoms with Gasteiger partial charge in [0.05, 0.1) is 27.9 Å². The molecule has 0 aliphatic heterocycles. The van der Waals surface area contributed by atoms with Crippen molar-refractivity contribution in [1.82, 2.24) is 14.5 Å². The van der Waals surface area contributed by atoms with E-state index in [1.165, 1.54) is 43.5 Å². The van der Waals surface area contributed by atoms with Crippen molar-refractivity contribution in [2.75, 3.05) is 0 Å². The summed E-state index contributed by atoms with van der Waals surface area (Å²) < 4.78 is 2.38. The second kappa shape index (κ2) is 15.1. The van der Waals surface area contributed by atoms with Gasteiger partial charge in [0, 0.05) is 41.7 Å². The molecule has 59 heavy (non-hydrogen) atoms.